The Morgan fingerprint density at radius 2 is 1.94 bits per heavy atom. The first kappa shape index (κ1) is 22.3. The van der Waals surface area contributed by atoms with Gasteiger partial charge in [0, 0.05) is 43.8 Å². The number of amides is 1. The summed E-state index contributed by atoms with van der Waals surface area (Å²) in [6.07, 6.45) is 4.03. The number of carbonyl (C=O) groups excluding carboxylic acids is 1. The average Bonchev–Trinajstić information content (AvgIpc) is 3.29. The first-order valence-corrected chi connectivity index (χ1v) is 11.6. The Hall–Kier alpha value is -2.52. The van der Waals surface area contributed by atoms with Crippen molar-refractivity contribution in [1.29, 1.82) is 0 Å². The first-order chi connectivity index (χ1) is 15.9. The van der Waals surface area contributed by atoms with Crippen molar-refractivity contribution in [2.24, 2.45) is 0 Å². The van der Waals surface area contributed by atoms with Gasteiger partial charge in [0.2, 0.25) is 17.7 Å². The van der Waals surface area contributed by atoms with Crippen molar-refractivity contribution in [3.63, 3.8) is 0 Å². The van der Waals surface area contributed by atoms with Crippen LogP contribution in [0.2, 0.25) is 5.15 Å². The Morgan fingerprint density at radius 3 is 2.67 bits per heavy atom. The van der Waals surface area contributed by atoms with Crippen LogP contribution in [0.5, 0.6) is 5.88 Å². The Labute approximate surface area is 195 Å². The minimum atomic E-state index is -0.953. The van der Waals surface area contributed by atoms with Crippen molar-refractivity contribution in [2.45, 2.75) is 50.2 Å². The van der Waals surface area contributed by atoms with Crippen LogP contribution in [0.4, 0.5) is 20.4 Å². The van der Waals surface area contributed by atoms with Crippen molar-refractivity contribution in [3.05, 3.63) is 41.1 Å². The largest absolute Gasteiger partial charge is 0.472 e. The van der Waals surface area contributed by atoms with Crippen LogP contribution in [0.1, 0.15) is 38.5 Å². The minimum Gasteiger partial charge on any atom is -0.472 e. The summed E-state index contributed by atoms with van der Waals surface area (Å²) >= 11 is 6.24. The van der Waals surface area contributed by atoms with Gasteiger partial charge in [-0.3, -0.25) is 4.79 Å². The number of hydrogen-bond donors (Lipinski definition) is 0. The molecule has 3 aliphatic rings. The minimum absolute atomic E-state index is 0.0497. The fourth-order valence-electron chi connectivity index (χ4n) is 5.06. The maximum Gasteiger partial charge on any atom is 0.230 e. The summed E-state index contributed by atoms with van der Waals surface area (Å²) in [4.78, 5) is 25.5. The molecule has 5 rings (SSSR count). The number of nitrogens with zero attached hydrogens (tertiary/aromatic N) is 4. The zero-order valence-electron chi connectivity index (χ0n) is 18.1. The van der Waals surface area contributed by atoms with E-state index >= 15 is 0 Å². The van der Waals surface area contributed by atoms with Gasteiger partial charge in [-0.25, -0.2) is 13.8 Å². The third-order valence-corrected chi connectivity index (χ3v) is 6.92. The molecule has 7 nitrogen and oxygen atoms in total. The zero-order valence-corrected chi connectivity index (χ0v) is 18.9. The summed E-state index contributed by atoms with van der Waals surface area (Å²) in [5, 5.41) is 0.297. The molecular formula is C23H25ClF2N4O3. The van der Waals surface area contributed by atoms with Crippen LogP contribution < -0.4 is 14.5 Å². The van der Waals surface area contributed by atoms with E-state index in [1.807, 2.05) is 4.90 Å². The highest BCUT2D eigenvalue weighted by molar-refractivity contribution is 6.29. The van der Waals surface area contributed by atoms with Gasteiger partial charge in [-0.1, -0.05) is 11.6 Å². The normalized spacial score (nSPS) is 22.8. The summed E-state index contributed by atoms with van der Waals surface area (Å²) in [6, 6.07) is 5.26. The van der Waals surface area contributed by atoms with Crippen LogP contribution in [-0.4, -0.2) is 53.8 Å². The zero-order chi connectivity index (χ0) is 23.0. The van der Waals surface area contributed by atoms with E-state index in [9.17, 15) is 13.6 Å². The molecule has 1 aromatic carbocycles. The third-order valence-electron chi connectivity index (χ3n) is 6.73. The van der Waals surface area contributed by atoms with E-state index in [1.165, 1.54) is 6.07 Å². The fraction of sp³-hybridized carbons (Fsp3) is 0.522. The number of piperidine rings is 2. The van der Waals surface area contributed by atoms with E-state index in [0.717, 1.165) is 31.4 Å². The molecule has 1 amide bonds. The number of aromatic nitrogens is 2. The molecule has 33 heavy (non-hydrogen) atoms. The predicted octanol–water partition coefficient (Wildman–Crippen LogP) is 4.13. The molecule has 2 aromatic rings. The molecule has 1 spiro atoms. The fourth-order valence-corrected chi connectivity index (χ4v) is 5.23. The molecule has 1 aromatic heterocycles. The second-order valence-corrected chi connectivity index (χ2v) is 9.21. The molecule has 1 atom stereocenters. The lowest BCUT2D eigenvalue weighted by molar-refractivity contribution is -0.121. The van der Waals surface area contributed by atoms with Gasteiger partial charge in [0.1, 0.15) is 11.3 Å². The van der Waals surface area contributed by atoms with Crippen LogP contribution in [0.15, 0.2) is 24.3 Å². The number of benzene rings is 1. The van der Waals surface area contributed by atoms with E-state index in [1.54, 1.807) is 11.0 Å². The first-order valence-electron chi connectivity index (χ1n) is 11.3. The lowest BCUT2D eigenvalue weighted by Crippen LogP contribution is -2.60. The van der Waals surface area contributed by atoms with Gasteiger partial charge in [-0.2, -0.15) is 4.98 Å². The van der Waals surface area contributed by atoms with Crippen LogP contribution in [0.25, 0.3) is 0 Å². The number of rotatable bonds is 4. The van der Waals surface area contributed by atoms with Gasteiger partial charge >= 0.3 is 0 Å². The summed E-state index contributed by atoms with van der Waals surface area (Å²) in [7, 11) is 0. The van der Waals surface area contributed by atoms with E-state index < -0.39 is 17.2 Å². The van der Waals surface area contributed by atoms with E-state index in [-0.39, 0.29) is 12.0 Å². The highest BCUT2D eigenvalue weighted by atomic mass is 35.5. The molecule has 0 unspecified atom stereocenters. The summed E-state index contributed by atoms with van der Waals surface area (Å²) in [6.45, 7) is 2.38. The predicted molar refractivity (Wildman–Crippen MR) is 119 cm³/mol. The van der Waals surface area contributed by atoms with Crippen molar-refractivity contribution >= 4 is 29.1 Å². The highest BCUT2D eigenvalue weighted by Crippen LogP contribution is 2.42. The maximum absolute atomic E-state index is 14.0. The number of hydrogen-bond acceptors (Lipinski definition) is 6. The third kappa shape index (κ3) is 4.48. The SMILES string of the molecule is O=C1CCCC2(CCN(c3nc(Cl)cc(O[C@@H]4CCOC4)n3)CC2)N1c1ccc(F)c(F)c1. The maximum atomic E-state index is 14.0. The van der Waals surface area contributed by atoms with Gasteiger partial charge in [0.05, 0.1) is 18.8 Å². The van der Waals surface area contributed by atoms with E-state index in [4.69, 9.17) is 21.1 Å². The standard InChI is InChI=1S/C23H25ClF2N4O3/c24-19-13-20(33-16-5-11-32-14-16)28-22(27-19)29-9-7-23(8-10-29)6-1-2-21(31)30(23)15-3-4-17(25)18(26)12-15/h3-4,12-13,16H,1-2,5-11,14H2/t16-/m1/s1. The van der Waals surface area contributed by atoms with Gasteiger partial charge in [0.15, 0.2) is 11.6 Å². The second kappa shape index (κ2) is 9.02. The average molecular weight is 479 g/mol. The Morgan fingerprint density at radius 1 is 1.12 bits per heavy atom. The molecule has 0 N–H and O–H groups in total. The van der Waals surface area contributed by atoms with Crippen LogP contribution in [-0.2, 0) is 9.53 Å². The van der Waals surface area contributed by atoms with Crippen molar-refractivity contribution in [2.75, 3.05) is 36.1 Å². The molecule has 4 heterocycles. The lowest BCUT2D eigenvalue weighted by atomic mass is 9.78. The number of carbonyl (C=O) groups is 1. The topological polar surface area (TPSA) is 67.8 Å². The number of anilines is 2. The molecule has 3 fully saturated rings. The van der Waals surface area contributed by atoms with Gasteiger partial charge < -0.3 is 19.3 Å². The molecule has 3 saturated heterocycles. The Bertz CT molecular complexity index is 1040. The molecule has 10 heteroatoms. The lowest BCUT2D eigenvalue weighted by Gasteiger charge is -2.51. The van der Waals surface area contributed by atoms with Gasteiger partial charge in [-0.05, 0) is 37.8 Å². The smallest absolute Gasteiger partial charge is 0.230 e. The molecule has 0 saturated carbocycles. The molecule has 0 bridgehead atoms. The van der Waals surface area contributed by atoms with Crippen molar-refractivity contribution in [1.82, 2.24) is 9.97 Å². The van der Waals surface area contributed by atoms with E-state index in [0.29, 0.717) is 68.2 Å². The summed E-state index contributed by atoms with van der Waals surface area (Å²) in [5.74, 6) is -1.04. The van der Waals surface area contributed by atoms with Gasteiger partial charge in [-0.15, -0.1) is 0 Å². The monoisotopic (exact) mass is 478 g/mol. The number of halogens is 3. The Balaban J connectivity index is 1.35. The highest BCUT2D eigenvalue weighted by Gasteiger charge is 2.45. The quantitative estimate of drug-likeness (QED) is 0.615. The Kier molecular flexibility index (Phi) is 6.09. The van der Waals surface area contributed by atoms with Crippen LogP contribution >= 0.6 is 11.6 Å². The van der Waals surface area contributed by atoms with E-state index in [2.05, 4.69) is 9.97 Å². The van der Waals surface area contributed by atoms with Crippen molar-refractivity contribution in [3.8, 4) is 5.88 Å². The molecule has 3 aliphatic heterocycles. The van der Waals surface area contributed by atoms with Crippen LogP contribution in [0.3, 0.4) is 0 Å². The van der Waals surface area contributed by atoms with Crippen molar-refractivity contribution < 1.29 is 23.0 Å². The molecule has 176 valence electrons. The second-order valence-electron chi connectivity index (χ2n) is 8.82. The van der Waals surface area contributed by atoms with Crippen LogP contribution in [0, 0.1) is 11.6 Å². The molecular weight excluding hydrogens is 454 g/mol. The summed E-state index contributed by atoms with van der Waals surface area (Å²) in [5.41, 5.74) is -0.0459. The molecule has 0 radical (unpaired) electrons. The number of ether oxygens (including phenoxy) is 2. The van der Waals surface area contributed by atoms with Gasteiger partial charge in [0.25, 0.3) is 0 Å². The summed E-state index contributed by atoms with van der Waals surface area (Å²) < 4.78 is 38.7. The molecule has 0 aliphatic carbocycles.